The molecule has 0 aliphatic carbocycles. The minimum absolute atomic E-state index is 0.446. The molecule has 0 unspecified atom stereocenters. The van der Waals surface area contributed by atoms with Crippen molar-refractivity contribution in [3.8, 4) is 0 Å². The summed E-state index contributed by atoms with van der Waals surface area (Å²) in [6.07, 6.45) is 3.48. The molecule has 3 N–H and O–H groups in total. The molecule has 6 rings (SSSR count). The molecule has 0 saturated carbocycles. The predicted molar refractivity (Wildman–Crippen MR) is 222 cm³/mol. The van der Waals surface area contributed by atoms with Crippen molar-refractivity contribution in [1.29, 1.82) is 0 Å². The lowest BCUT2D eigenvalue weighted by Crippen LogP contribution is -2.33. The van der Waals surface area contributed by atoms with Crippen LogP contribution in [0.25, 0.3) is 0 Å². The fraction of sp³-hybridized carbons (Fsp3) is 0.133. The first-order valence-corrected chi connectivity index (χ1v) is 20.7. The number of unbranched alkanes of at least 4 members (excludes halogenated alkanes) is 4. The molecule has 0 saturated heterocycles. The van der Waals surface area contributed by atoms with Crippen molar-refractivity contribution in [1.82, 2.24) is 0 Å². The van der Waals surface area contributed by atoms with Gasteiger partial charge in [0, 0.05) is 0 Å². The standard InChI is InChI=1S/C25H29P.C18H15P.2CH2O3/c1-2-3-4-5-15-22-26(23-16-9-6-10-17-23,24-18-11-7-12-19-24)25-20-13-8-14-21-25;1-4-10-16(11-5-1)19(17-12-6-2-7-13-17)18-14-8-3-9-15-18;2*2-1(3)4/h6-14,16-21H,1-5,15,22H2;1-15H;2*(H2,2,3,4)/q+1;;;/p-1. The van der Waals surface area contributed by atoms with Crippen LogP contribution in [-0.4, -0.2) is 33.8 Å². The molecule has 0 fully saturated rings. The number of carboxylic acid groups (broad SMARTS) is 4. The highest BCUT2D eigenvalue weighted by atomic mass is 31.2. The summed E-state index contributed by atoms with van der Waals surface area (Å²) in [7, 11) is -2.06. The second kappa shape index (κ2) is 24.1. The maximum absolute atomic E-state index is 8.56. The van der Waals surface area contributed by atoms with E-state index in [0.29, 0.717) is 0 Å². The minimum atomic E-state index is -2.08. The monoisotopic (exact) mass is 745 g/mol. The SMILES string of the molecule is O=C(O)O.O=C([O-])O.[CH2]CCCCCC[P+](c1ccccc1)(c1ccccc1)c1ccccc1.c1ccc(P(c2ccccc2)c2ccccc2)cc1. The Morgan fingerprint density at radius 3 is 0.981 bits per heavy atom. The van der Waals surface area contributed by atoms with Crippen LogP contribution in [0.15, 0.2) is 182 Å². The average molecular weight is 746 g/mol. The topological polar surface area (TPSA) is 118 Å². The Morgan fingerprint density at radius 1 is 0.472 bits per heavy atom. The average Bonchev–Trinajstić information content (AvgIpc) is 3.19. The highest BCUT2D eigenvalue weighted by molar-refractivity contribution is 7.95. The highest BCUT2D eigenvalue weighted by Gasteiger charge is 2.44. The quantitative estimate of drug-likeness (QED) is 0.0857. The van der Waals surface area contributed by atoms with Crippen LogP contribution in [0.3, 0.4) is 0 Å². The van der Waals surface area contributed by atoms with Crippen molar-refractivity contribution in [2.75, 3.05) is 6.16 Å². The Morgan fingerprint density at radius 2 is 0.717 bits per heavy atom. The molecule has 8 heteroatoms. The summed E-state index contributed by atoms with van der Waals surface area (Å²) in [6.45, 7) is 3.98. The molecular formula is C45H47O6P2. The first-order chi connectivity index (χ1) is 25.8. The van der Waals surface area contributed by atoms with Gasteiger partial charge in [-0.05, 0) is 73.1 Å². The number of carbonyl (C=O) groups is 2. The van der Waals surface area contributed by atoms with Crippen LogP contribution in [0.5, 0.6) is 0 Å². The summed E-state index contributed by atoms with van der Waals surface area (Å²) >= 11 is 0. The van der Waals surface area contributed by atoms with Gasteiger partial charge in [0.05, 0.1) is 6.16 Å². The predicted octanol–water partition coefficient (Wildman–Crippen LogP) is 8.32. The molecule has 0 aliphatic heterocycles. The molecule has 6 aromatic rings. The summed E-state index contributed by atoms with van der Waals surface area (Å²) in [5.41, 5.74) is 0. The molecule has 0 amide bonds. The van der Waals surface area contributed by atoms with Gasteiger partial charge in [-0.15, -0.1) is 0 Å². The molecule has 0 aliphatic rings. The molecule has 0 aromatic heterocycles. The Kier molecular flexibility index (Phi) is 19.1. The van der Waals surface area contributed by atoms with E-state index in [2.05, 4.69) is 189 Å². The van der Waals surface area contributed by atoms with Gasteiger partial charge >= 0.3 is 6.16 Å². The van der Waals surface area contributed by atoms with Crippen LogP contribution in [0, 0.1) is 6.92 Å². The zero-order chi connectivity index (χ0) is 38.2. The van der Waals surface area contributed by atoms with Crippen molar-refractivity contribution in [3.63, 3.8) is 0 Å². The van der Waals surface area contributed by atoms with E-state index < -0.39 is 27.5 Å². The third kappa shape index (κ3) is 14.3. The second-order valence-electron chi connectivity index (χ2n) is 11.7. The second-order valence-corrected chi connectivity index (χ2v) is 17.5. The van der Waals surface area contributed by atoms with Crippen molar-refractivity contribution in [3.05, 3.63) is 189 Å². The van der Waals surface area contributed by atoms with Crippen LogP contribution in [-0.2, 0) is 0 Å². The molecule has 273 valence electrons. The summed E-state index contributed by atoms with van der Waals surface area (Å²) in [6, 6.07) is 65.9. The van der Waals surface area contributed by atoms with Gasteiger partial charge in [0.1, 0.15) is 23.2 Å². The Labute approximate surface area is 315 Å². The smallest absolute Gasteiger partial charge is 0.503 e. The van der Waals surface area contributed by atoms with Gasteiger partial charge < -0.3 is 25.2 Å². The van der Waals surface area contributed by atoms with E-state index in [1.807, 2.05) is 0 Å². The van der Waals surface area contributed by atoms with Crippen LogP contribution < -0.4 is 36.9 Å². The molecule has 0 spiro atoms. The number of hydrogen-bond donors (Lipinski definition) is 3. The molecule has 53 heavy (non-hydrogen) atoms. The minimum Gasteiger partial charge on any atom is -0.565 e. The summed E-state index contributed by atoms with van der Waals surface area (Å²) in [5, 5.41) is 37.9. The van der Waals surface area contributed by atoms with E-state index in [1.165, 1.54) is 63.7 Å². The third-order valence-electron chi connectivity index (χ3n) is 8.13. The van der Waals surface area contributed by atoms with Crippen molar-refractivity contribution in [2.24, 2.45) is 0 Å². The summed E-state index contributed by atoms with van der Waals surface area (Å²) in [5.74, 6) is 0. The summed E-state index contributed by atoms with van der Waals surface area (Å²) < 4.78 is 0. The van der Waals surface area contributed by atoms with Crippen molar-refractivity contribution in [2.45, 2.75) is 32.1 Å². The molecule has 0 atom stereocenters. The third-order valence-corrected chi connectivity index (χ3v) is 15.1. The van der Waals surface area contributed by atoms with Gasteiger partial charge in [-0.3, -0.25) is 0 Å². The molecule has 0 heterocycles. The number of rotatable bonds is 12. The van der Waals surface area contributed by atoms with Crippen LogP contribution in [0.1, 0.15) is 32.1 Å². The molecule has 6 aromatic carbocycles. The first-order valence-electron chi connectivity index (χ1n) is 17.4. The Balaban J connectivity index is 0.000000244. The van der Waals surface area contributed by atoms with E-state index >= 15 is 0 Å². The van der Waals surface area contributed by atoms with Crippen molar-refractivity contribution < 1.29 is 30.0 Å². The number of benzene rings is 6. The molecule has 6 nitrogen and oxygen atoms in total. The Hall–Kier alpha value is -5.28. The number of hydrogen-bond acceptors (Lipinski definition) is 3. The fourth-order valence-corrected chi connectivity index (χ4v) is 12.7. The van der Waals surface area contributed by atoms with E-state index in [4.69, 9.17) is 30.0 Å². The van der Waals surface area contributed by atoms with Crippen LogP contribution >= 0.6 is 15.2 Å². The molecule has 1 radical (unpaired) electrons. The van der Waals surface area contributed by atoms with Crippen molar-refractivity contribution >= 4 is 59.3 Å². The van der Waals surface area contributed by atoms with Gasteiger partial charge in [-0.1, -0.05) is 172 Å². The van der Waals surface area contributed by atoms with Gasteiger partial charge in [-0.2, -0.15) is 0 Å². The zero-order valence-corrected chi connectivity index (χ0v) is 31.5. The highest BCUT2D eigenvalue weighted by Crippen LogP contribution is 2.56. The lowest BCUT2D eigenvalue weighted by molar-refractivity contribution is -0.275. The Bertz CT molecular complexity index is 1630. The van der Waals surface area contributed by atoms with Gasteiger partial charge in [0.2, 0.25) is 6.16 Å². The van der Waals surface area contributed by atoms with E-state index in [0.717, 1.165) is 6.42 Å². The lowest BCUT2D eigenvalue weighted by atomic mass is 10.2. The molecular weight excluding hydrogens is 698 g/mol. The maximum Gasteiger partial charge on any atom is 0.503 e. The van der Waals surface area contributed by atoms with Crippen LogP contribution in [0.4, 0.5) is 9.59 Å². The zero-order valence-electron chi connectivity index (χ0n) is 29.7. The van der Waals surface area contributed by atoms with E-state index in [-0.39, 0.29) is 0 Å². The van der Waals surface area contributed by atoms with E-state index in [9.17, 15) is 0 Å². The lowest BCUT2D eigenvalue weighted by Gasteiger charge is -2.27. The summed E-state index contributed by atoms with van der Waals surface area (Å²) in [4.78, 5) is 17.0. The van der Waals surface area contributed by atoms with Crippen LogP contribution in [0.2, 0.25) is 0 Å². The van der Waals surface area contributed by atoms with Gasteiger partial charge in [0.25, 0.3) is 0 Å². The maximum atomic E-state index is 8.56. The fourth-order valence-electron chi connectivity index (χ4n) is 5.94. The van der Waals surface area contributed by atoms with E-state index in [1.54, 1.807) is 0 Å². The normalized spacial score (nSPS) is 10.3. The largest absolute Gasteiger partial charge is 0.565 e. The molecule has 0 bridgehead atoms. The van der Waals surface area contributed by atoms with Gasteiger partial charge in [0.15, 0.2) is 0 Å². The first kappa shape index (κ1) is 42.1. The van der Waals surface area contributed by atoms with Gasteiger partial charge in [-0.25, -0.2) is 4.79 Å².